The number of esters is 1. The third kappa shape index (κ3) is 5.22. The first-order valence-electron chi connectivity index (χ1n) is 8.84. The quantitative estimate of drug-likeness (QED) is 0.448. The van der Waals surface area contributed by atoms with Gasteiger partial charge < -0.3 is 24.9 Å². The van der Waals surface area contributed by atoms with E-state index >= 15 is 0 Å². The Morgan fingerprint density at radius 2 is 1.80 bits per heavy atom. The maximum absolute atomic E-state index is 12.3. The first kappa shape index (κ1) is 20.6. The van der Waals surface area contributed by atoms with Crippen molar-refractivity contribution in [3.05, 3.63) is 70.1 Å². The Morgan fingerprint density at radius 1 is 1.07 bits per heavy atom. The molecule has 2 aromatic carbocycles. The number of carbonyl (C=O) groups is 3. The van der Waals surface area contributed by atoms with Crippen molar-refractivity contribution in [2.45, 2.75) is 13.5 Å². The van der Waals surface area contributed by atoms with Crippen LogP contribution in [0.5, 0.6) is 5.75 Å². The number of hydrogen-bond donors (Lipinski definition) is 2. The molecule has 0 unspecified atom stereocenters. The maximum Gasteiger partial charge on any atom is 0.338 e. The number of carbonyl (C=O) groups excluding carboxylic acids is 3. The van der Waals surface area contributed by atoms with E-state index in [4.69, 9.17) is 19.6 Å². The third-order valence-corrected chi connectivity index (χ3v) is 3.98. The highest BCUT2D eigenvalue weighted by Crippen LogP contribution is 2.22. The van der Waals surface area contributed by atoms with Crippen molar-refractivity contribution >= 4 is 34.4 Å². The molecule has 0 aliphatic carbocycles. The second-order valence-electron chi connectivity index (χ2n) is 6.34. The van der Waals surface area contributed by atoms with Crippen molar-refractivity contribution in [1.82, 2.24) is 0 Å². The monoisotopic (exact) mass is 410 g/mol. The average molecular weight is 410 g/mol. The number of benzene rings is 2. The van der Waals surface area contributed by atoms with E-state index in [1.54, 1.807) is 12.1 Å². The minimum Gasteiger partial charge on any atom is -0.484 e. The highest BCUT2D eigenvalue weighted by Gasteiger charge is 2.12. The van der Waals surface area contributed by atoms with Gasteiger partial charge in [0.1, 0.15) is 17.9 Å². The number of amides is 2. The Balaban J connectivity index is 1.73. The Labute approximate surface area is 170 Å². The topological polar surface area (TPSA) is 138 Å². The van der Waals surface area contributed by atoms with Gasteiger partial charge in [-0.15, -0.1) is 0 Å². The van der Waals surface area contributed by atoms with Gasteiger partial charge in [0.2, 0.25) is 5.91 Å². The Morgan fingerprint density at radius 3 is 2.47 bits per heavy atom. The van der Waals surface area contributed by atoms with E-state index in [9.17, 15) is 19.2 Å². The molecule has 30 heavy (non-hydrogen) atoms. The number of anilines is 1. The van der Waals surface area contributed by atoms with E-state index in [2.05, 4.69) is 5.32 Å². The average Bonchev–Trinajstić information content (AvgIpc) is 2.69. The SMILES string of the molecule is CC(=O)Nc1ccc2c(COC(=O)c3ccc(OCC(N)=O)cc3)cc(=O)oc2c1. The van der Waals surface area contributed by atoms with Gasteiger partial charge in [0.05, 0.1) is 5.56 Å². The molecule has 3 rings (SSSR count). The van der Waals surface area contributed by atoms with E-state index in [1.165, 1.54) is 43.3 Å². The second-order valence-corrected chi connectivity index (χ2v) is 6.34. The summed E-state index contributed by atoms with van der Waals surface area (Å²) in [5.74, 6) is -1.09. The van der Waals surface area contributed by atoms with Crippen molar-refractivity contribution in [2.75, 3.05) is 11.9 Å². The van der Waals surface area contributed by atoms with Crippen LogP contribution < -0.4 is 21.4 Å². The molecule has 154 valence electrons. The molecule has 0 saturated heterocycles. The van der Waals surface area contributed by atoms with Gasteiger partial charge in [0.15, 0.2) is 6.61 Å². The molecule has 0 radical (unpaired) electrons. The highest BCUT2D eigenvalue weighted by molar-refractivity contribution is 5.92. The fourth-order valence-corrected chi connectivity index (χ4v) is 2.70. The zero-order valence-corrected chi connectivity index (χ0v) is 16.0. The zero-order valence-electron chi connectivity index (χ0n) is 16.0. The molecule has 0 aliphatic heterocycles. The summed E-state index contributed by atoms with van der Waals surface area (Å²) in [6, 6.07) is 12.1. The van der Waals surface area contributed by atoms with E-state index < -0.39 is 17.5 Å². The van der Waals surface area contributed by atoms with E-state index in [-0.39, 0.29) is 30.3 Å². The lowest BCUT2D eigenvalue weighted by molar-refractivity contribution is -0.120. The molecular weight excluding hydrogens is 392 g/mol. The summed E-state index contributed by atoms with van der Waals surface area (Å²) in [7, 11) is 0. The van der Waals surface area contributed by atoms with Crippen LogP contribution in [0, 0.1) is 0 Å². The van der Waals surface area contributed by atoms with Gasteiger partial charge in [-0.3, -0.25) is 9.59 Å². The molecule has 3 aromatic rings. The van der Waals surface area contributed by atoms with Crippen LogP contribution in [-0.4, -0.2) is 24.4 Å². The molecule has 0 spiro atoms. The van der Waals surface area contributed by atoms with Crippen LogP contribution >= 0.6 is 0 Å². The van der Waals surface area contributed by atoms with Gasteiger partial charge >= 0.3 is 11.6 Å². The molecule has 2 amide bonds. The summed E-state index contributed by atoms with van der Waals surface area (Å²) in [6.45, 7) is 0.949. The van der Waals surface area contributed by atoms with Crippen LogP contribution in [0.15, 0.2) is 57.7 Å². The molecule has 1 aromatic heterocycles. The lowest BCUT2D eigenvalue weighted by Crippen LogP contribution is -2.20. The highest BCUT2D eigenvalue weighted by atomic mass is 16.5. The summed E-state index contributed by atoms with van der Waals surface area (Å²) in [6.07, 6.45) is 0. The lowest BCUT2D eigenvalue weighted by atomic mass is 10.1. The molecule has 9 nitrogen and oxygen atoms in total. The smallest absolute Gasteiger partial charge is 0.338 e. The third-order valence-electron chi connectivity index (χ3n) is 3.98. The van der Waals surface area contributed by atoms with Gasteiger partial charge in [-0.1, -0.05) is 0 Å². The normalized spacial score (nSPS) is 10.4. The number of rotatable bonds is 7. The summed E-state index contributed by atoms with van der Waals surface area (Å²) in [5.41, 5.74) is 5.87. The first-order valence-corrected chi connectivity index (χ1v) is 8.84. The van der Waals surface area contributed by atoms with Gasteiger partial charge in [-0.05, 0) is 36.4 Å². The van der Waals surface area contributed by atoms with E-state index in [0.29, 0.717) is 22.4 Å². The van der Waals surface area contributed by atoms with Crippen LogP contribution in [0.1, 0.15) is 22.8 Å². The van der Waals surface area contributed by atoms with Gasteiger partial charge in [0.25, 0.3) is 5.91 Å². The maximum atomic E-state index is 12.3. The predicted molar refractivity (Wildman–Crippen MR) is 107 cm³/mol. The van der Waals surface area contributed by atoms with Crippen LogP contribution in [0.3, 0.4) is 0 Å². The fourth-order valence-electron chi connectivity index (χ4n) is 2.70. The molecule has 0 fully saturated rings. The summed E-state index contributed by atoms with van der Waals surface area (Å²) in [4.78, 5) is 46.1. The molecule has 1 heterocycles. The molecule has 0 atom stereocenters. The number of nitrogens with two attached hydrogens (primary N) is 1. The molecule has 3 N–H and O–H groups in total. The number of ether oxygens (including phenoxy) is 2. The second kappa shape index (κ2) is 8.91. The van der Waals surface area contributed by atoms with Gasteiger partial charge in [-0.2, -0.15) is 0 Å². The van der Waals surface area contributed by atoms with Crippen LogP contribution in [0.2, 0.25) is 0 Å². The Kier molecular flexibility index (Phi) is 6.11. The van der Waals surface area contributed by atoms with Crippen LogP contribution in [0.4, 0.5) is 5.69 Å². The Hall–Kier alpha value is -4.14. The van der Waals surface area contributed by atoms with Crippen LogP contribution in [-0.2, 0) is 20.9 Å². The van der Waals surface area contributed by atoms with Crippen molar-refractivity contribution in [2.24, 2.45) is 5.73 Å². The number of primary amides is 1. The summed E-state index contributed by atoms with van der Waals surface area (Å²) in [5, 5.41) is 3.18. The summed E-state index contributed by atoms with van der Waals surface area (Å²) >= 11 is 0. The van der Waals surface area contributed by atoms with Crippen LogP contribution in [0.25, 0.3) is 11.0 Å². The van der Waals surface area contributed by atoms with Crippen molar-refractivity contribution in [3.63, 3.8) is 0 Å². The number of fused-ring (bicyclic) bond motifs is 1. The summed E-state index contributed by atoms with van der Waals surface area (Å²) < 4.78 is 15.6. The largest absolute Gasteiger partial charge is 0.484 e. The molecular formula is C21H18N2O7. The number of nitrogens with one attached hydrogen (secondary N) is 1. The van der Waals surface area contributed by atoms with Gasteiger partial charge in [0, 0.05) is 35.7 Å². The standard InChI is InChI=1S/C21H18N2O7/c1-12(24)23-15-4-7-17-14(8-20(26)30-18(17)9-15)10-29-21(27)13-2-5-16(6-3-13)28-11-19(22)25/h2-9H,10-11H2,1H3,(H2,22,25)(H,23,24). The minimum atomic E-state index is -0.609. The molecule has 0 saturated carbocycles. The van der Waals surface area contributed by atoms with Crippen molar-refractivity contribution < 1.29 is 28.3 Å². The molecule has 0 aliphatic rings. The van der Waals surface area contributed by atoms with Gasteiger partial charge in [-0.25, -0.2) is 9.59 Å². The van der Waals surface area contributed by atoms with E-state index in [0.717, 1.165) is 0 Å². The fraction of sp³-hybridized carbons (Fsp3) is 0.143. The van der Waals surface area contributed by atoms with E-state index in [1.807, 2.05) is 0 Å². The zero-order chi connectivity index (χ0) is 21.7. The molecule has 0 bridgehead atoms. The van der Waals surface area contributed by atoms with Crippen molar-refractivity contribution in [3.8, 4) is 5.75 Å². The molecule has 9 heteroatoms. The lowest BCUT2D eigenvalue weighted by Gasteiger charge is -2.09. The number of hydrogen-bond acceptors (Lipinski definition) is 7. The van der Waals surface area contributed by atoms with Crippen molar-refractivity contribution in [1.29, 1.82) is 0 Å². The minimum absolute atomic E-state index is 0.152. The predicted octanol–water partition coefficient (Wildman–Crippen LogP) is 1.97. The first-order chi connectivity index (χ1) is 14.3. The Bertz CT molecular complexity index is 1170.